The van der Waals surface area contributed by atoms with Gasteiger partial charge < -0.3 is 19.5 Å². The van der Waals surface area contributed by atoms with Crippen molar-refractivity contribution in [1.82, 2.24) is 4.90 Å². The van der Waals surface area contributed by atoms with Gasteiger partial charge in [-0.05, 0) is 69.6 Å². The topological polar surface area (TPSA) is 96.3 Å². The molecule has 190 valence electrons. The summed E-state index contributed by atoms with van der Waals surface area (Å²) in [5, 5.41) is 11.5. The Labute approximate surface area is 204 Å². The summed E-state index contributed by atoms with van der Waals surface area (Å²) in [6.45, 7) is 4.90. The van der Waals surface area contributed by atoms with Crippen molar-refractivity contribution >= 4 is 10.1 Å². The minimum absolute atomic E-state index is 0.0666. The molecule has 1 aliphatic carbocycles. The second-order valence-electron chi connectivity index (χ2n) is 9.36. The van der Waals surface area contributed by atoms with E-state index in [0.29, 0.717) is 0 Å². The van der Waals surface area contributed by atoms with E-state index < -0.39 is 15.7 Å². The molecule has 1 fully saturated rings. The lowest BCUT2D eigenvalue weighted by Gasteiger charge is -2.45. The summed E-state index contributed by atoms with van der Waals surface area (Å²) < 4.78 is 40.3. The second-order valence-corrected chi connectivity index (χ2v) is 10.8. The average Bonchev–Trinajstić information content (AvgIpc) is 2.78. The van der Waals surface area contributed by atoms with Crippen LogP contribution in [-0.4, -0.2) is 63.4 Å². The van der Waals surface area contributed by atoms with E-state index in [1.54, 1.807) is 26.4 Å². The van der Waals surface area contributed by atoms with Gasteiger partial charge >= 0.3 is 0 Å². The number of hydrogen-bond donors (Lipinski definition) is 2. The van der Waals surface area contributed by atoms with Gasteiger partial charge in [-0.25, -0.2) is 0 Å². The van der Waals surface area contributed by atoms with Gasteiger partial charge in [0, 0.05) is 12.5 Å². The van der Waals surface area contributed by atoms with E-state index >= 15 is 0 Å². The molecule has 2 aromatic rings. The number of ether oxygens (including phenoxy) is 2. The van der Waals surface area contributed by atoms with Crippen LogP contribution in [0.1, 0.15) is 49.7 Å². The molecule has 1 saturated carbocycles. The first-order chi connectivity index (χ1) is 15.9. The molecule has 0 saturated heterocycles. The first-order valence-electron chi connectivity index (χ1n) is 11.6. The number of benzene rings is 2. The van der Waals surface area contributed by atoms with Gasteiger partial charge in [0.25, 0.3) is 10.1 Å². The number of rotatable bonds is 7. The first kappa shape index (κ1) is 28.1. The maximum absolute atomic E-state index is 11.5. The zero-order valence-electron chi connectivity index (χ0n) is 21.1. The van der Waals surface area contributed by atoms with Crippen LogP contribution < -0.4 is 9.47 Å². The van der Waals surface area contributed by atoms with Crippen molar-refractivity contribution < 1.29 is 27.6 Å². The van der Waals surface area contributed by atoms with Crippen LogP contribution in [0.15, 0.2) is 47.4 Å². The fourth-order valence-corrected chi connectivity index (χ4v) is 5.19. The molecule has 7 nitrogen and oxygen atoms in total. The molecule has 3 unspecified atom stereocenters. The zero-order chi connectivity index (χ0) is 25.5. The van der Waals surface area contributed by atoms with E-state index in [9.17, 15) is 13.5 Å². The van der Waals surface area contributed by atoms with Crippen molar-refractivity contribution in [3.05, 3.63) is 53.6 Å². The standard InChI is InChI=1S/C19H31NO3.C7H8O3S/c1-14(13-20(2)3)19(21)11-7-6-8-16(19)15-9-10-17(22-4)18(12-15)23-5;1-6-2-4-7(5-3-6)11(8,9)10/h9-10,12,14,16,21H,6-8,11,13H2,1-5H3;2-5H,1H3,(H,8,9,10). The van der Waals surface area contributed by atoms with Gasteiger partial charge in [-0.3, -0.25) is 4.55 Å². The third kappa shape index (κ3) is 7.18. The van der Waals surface area contributed by atoms with Crippen LogP contribution in [0.5, 0.6) is 11.5 Å². The van der Waals surface area contributed by atoms with Crippen LogP contribution >= 0.6 is 0 Å². The largest absolute Gasteiger partial charge is 0.493 e. The lowest BCUT2D eigenvalue weighted by Crippen LogP contribution is -2.48. The van der Waals surface area contributed by atoms with Gasteiger partial charge in [0.2, 0.25) is 0 Å². The minimum atomic E-state index is -4.02. The van der Waals surface area contributed by atoms with E-state index in [-0.39, 0.29) is 16.7 Å². The predicted octanol–water partition coefficient (Wildman–Crippen LogP) is 4.53. The zero-order valence-corrected chi connectivity index (χ0v) is 21.9. The maximum atomic E-state index is 11.5. The van der Waals surface area contributed by atoms with Crippen LogP contribution in [0.2, 0.25) is 0 Å². The Kier molecular flexibility index (Phi) is 9.94. The number of aryl methyl sites for hydroxylation is 1. The van der Waals surface area contributed by atoms with Gasteiger partial charge in [-0.15, -0.1) is 0 Å². The average molecular weight is 494 g/mol. The molecule has 0 radical (unpaired) electrons. The molecule has 2 aromatic carbocycles. The predicted molar refractivity (Wildman–Crippen MR) is 134 cm³/mol. The highest BCUT2D eigenvalue weighted by molar-refractivity contribution is 7.85. The summed E-state index contributed by atoms with van der Waals surface area (Å²) in [4.78, 5) is 2.09. The molecular weight excluding hydrogens is 454 g/mol. The summed E-state index contributed by atoms with van der Waals surface area (Å²) in [6.07, 6.45) is 4.14. The Balaban J connectivity index is 0.000000310. The Hall–Kier alpha value is -2.13. The second kappa shape index (κ2) is 12.0. The first-order valence-corrected chi connectivity index (χ1v) is 13.0. The molecule has 3 atom stereocenters. The maximum Gasteiger partial charge on any atom is 0.294 e. The highest BCUT2D eigenvalue weighted by atomic mass is 32.2. The van der Waals surface area contributed by atoms with Crippen molar-refractivity contribution in [2.24, 2.45) is 5.92 Å². The van der Waals surface area contributed by atoms with Crippen LogP contribution in [0.3, 0.4) is 0 Å². The molecule has 0 heterocycles. The van der Waals surface area contributed by atoms with E-state index in [0.717, 1.165) is 54.9 Å². The Morgan fingerprint density at radius 3 is 2.21 bits per heavy atom. The number of aliphatic hydroxyl groups is 1. The quantitative estimate of drug-likeness (QED) is 0.547. The van der Waals surface area contributed by atoms with E-state index in [1.807, 2.05) is 19.1 Å². The lowest BCUT2D eigenvalue weighted by atomic mass is 9.66. The highest BCUT2D eigenvalue weighted by Gasteiger charge is 2.44. The summed E-state index contributed by atoms with van der Waals surface area (Å²) in [5.74, 6) is 1.83. The van der Waals surface area contributed by atoms with Gasteiger partial charge in [0.1, 0.15) is 0 Å². The summed E-state index contributed by atoms with van der Waals surface area (Å²) >= 11 is 0. The number of hydrogen-bond acceptors (Lipinski definition) is 6. The minimum Gasteiger partial charge on any atom is -0.493 e. The fraction of sp³-hybridized carbons (Fsp3) is 0.538. The van der Waals surface area contributed by atoms with E-state index in [1.165, 1.54) is 12.1 Å². The summed E-state index contributed by atoms with van der Waals surface area (Å²) in [6, 6.07) is 12.0. The third-order valence-corrected chi connectivity index (χ3v) is 7.41. The van der Waals surface area contributed by atoms with E-state index in [4.69, 9.17) is 14.0 Å². The molecule has 34 heavy (non-hydrogen) atoms. The lowest BCUT2D eigenvalue weighted by molar-refractivity contribution is -0.0677. The highest BCUT2D eigenvalue weighted by Crippen LogP contribution is 2.46. The van der Waals surface area contributed by atoms with Gasteiger partial charge in [-0.2, -0.15) is 8.42 Å². The van der Waals surface area contributed by atoms with Crippen molar-refractivity contribution in [3.8, 4) is 11.5 Å². The van der Waals surface area contributed by atoms with Gasteiger partial charge in [-0.1, -0.05) is 43.5 Å². The Morgan fingerprint density at radius 1 is 1.06 bits per heavy atom. The number of nitrogens with zero attached hydrogens (tertiary/aromatic N) is 1. The van der Waals surface area contributed by atoms with Crippen molar-refractivity contribution in [1.29, 1.82) is 0 Å². The van der Waals surface area contributed by atoms with Gasteiger partial charge in [0.05, 0.1) is 24.7 Å². The van der Waals surface area contributed by atoms with E-state index in [2.05, 4.69) is 32.0 Å². The summed E-state index contributed by atoms with van der Waals surface area (Å²) in [5.41, 5.74) is 1.44. The smallest absolute Gasteiger partial charge is 0.294 e. The molecule has 0 aliphatic heterocycles. The Bertz CT molecular complexity index is 1020. The van der Waals surface area contributed by atoms with Crippen LogP contribution in [0.25, 0.3) is 0 Å². The SMILES string of the molecule is COc1ccc(C2CCCCC2(O)C(C)CN(C)C)cc1OC.Cc1ccc(S(=O)(=O)O)cc1. The molecule has 3 rings (SSSR count). The molecule has 0 aromatic heterocycles. The molecule has 0 amide bonds. The summed E-state index contributed by atoms with van der Waals surface area (Å²) in [7, 11) is 3.41. The van der Waals surface area contributed by atoms with Crippen molar-refractivity contribution in [3.63, 3.8) is 0 Å². The van der Waals surface area contributed by atoms with Gasteiger partial charge in [0.15, 0.2) is 11.5 Å². The van der Waals surface area contributed by atoms with Crippen LogP contribution in [0.4, 0.5) is 0 Å². The van der Waals surface area contributed by atoms with Crippen molar-refractivity contribution in [2.45, 2.75) is 55.9 Å². The molecule has 0 spiro atoms. The molecule has 2 N–H and O–H groups in total. The molecule has 1 aliphatic rings. The fourth-order valence-electron chi connectivity index (χ4n) is 4.71. The number of methoxy groups -OCH3 is 2. The van der Waals surface area contributed by atoms with Crippen LogP contribution in [0, 0.1) is 12.8 Å². The normalized spacial score (nSPS) is 21.4. The third-order valence-electron chi connectivity index (χ3n) is 6.54. The monoisotopic (exact) mass is 493 g/mol. The van der Waals surface area contributed by atoms with Crippen molar-refractivity contribution in [2.75, 3.05) is 34.9 Å². The Morgan fingerprint density at radius 2 is 1.68 bits per heavy atom. The molecular formula is C26H39NO6S. The molecule has 8 heteroatoms. The molecule has 0 bridgehead atoms. The van der Waals surface area contributed by atoms with Crippen LogP contribution in [-0.2, 0) is 10.1 Å².